The molecule has 7 heteroatoms. The average Bonchev–Trinajstić information content (AvgIpc) is 3.18. The summed E-state index contributed by atoms with van der Waals surface area (Å²) >= 11 is 0. The van der Waals surface area contributed by atoms with Crippen LogP contribution in [0.2, 0.25) is 0 Å². The van der Waals surface area contributed by atoms with Crippen molar-refractivity contribution < 1.29 is 13.9 Å². The Morgan fingerprint density at radius 1 is 0.786 bits per heavy atom. The van der Waals surface area contributed by atoms with E-state index in [9.17, 15) is 4.79 Å². The lowest BCUT2D eigenvalue weighted by Crippen LogP contribution is -2.19. The Labute approximate surface area is 161 Å². The van der Waals surface area contributed by atoms with Crippen molar-refractivity contribution in [3.05, 3.63) is 84.9 Å². The van der Waals surface area contributed by atoms with Gasteiger partial charge in [-0.1, -0.05) is 53.6 Å². The molecule has 7 nitrogen and oxygen atoms in total. The van der Waals surface area contributed by atoms with E-state index in [-0.39, 0.29) is 11.9 Å². The fourth-order valence-corrected chi connectivity index (χ4v) is 2.51. The zero-order valence-corrected chi connectivity index (χ0v) is 14.7. The molecule has 28 heavy (non-hydrogen) atoms. The lowest BCUT2D eigenvalue weighted by atomic mass is 10.2. The van der Waals surface area contributed by atoms with Crippen LogP contribution in [0, 0.1) is 0 Å². The third-order valence-corrected chi connectivity index (χ3v) is 3.77. The van der Waals surface area contributed by atoms with Gasteiger partial charge in [0.05, 0.1) is 5.56 Å². The first kappa shape index (κ1) is 17.3. The highest BCUT2D eigenvalue weighted by Crippen LogP contribution is 2.32. The number of urea groups is 1. The van der Waals surface area contributed by atoms with Crippen LogP contribution < -0.4 is 15.4 Å². The molecule has 1 aromatic heterocycles. The highest BCUT2D eigenvalue weighted by molar-refractivity contribution is 5.98. The minimum absolute atomic E-state index is 0.0158. The summed E-state index contributed by atoms with van der Waals surface area (Å²) in [7, 11) is 0. The number of carbonyl (C=O) groups excluding carboxylic acids is 1. The Morgan fingerprint density at radius 2 is 1.46 bits per heavy atom. The van der Waals surface area contributed by atoms with Gasteiger partial charge in [0.1, 0.15) is 11.5 Å². The third kappa shape index (κ3) is 4.16. The van der Waals surface area contributed by atoms with Crippen molar-refractivity contribution in [1.29, 1.82) is 0 Å². The molecule has 138 valence electrons. The number of rotatable bonds is 5. The number of hydrogen-bond acceptors (Lipinski definition) is 5. The van der Waals surface area contributed by atoms with Gasteiger partial charge >= 0.3 is 12.0 Å². The predicted octanol–water partition coefficient (Wildman–Crippen LogP) is 5.17. The first-order valence-electron chi connectivity index (χ1n) is 8.57. The Balaban J connectivity index is 1.49. The van der Waals surface area contributed by atoms with E-state index in [0.29, 0.717) is 22.7 Å². The molecule has 0 radical (unpaired) electrons. The van der Waals surface area contributed by atoms with E-state index in [1.54, 1.807) is 18.2 Å². The number of nitrogens with zero attached hydrogens (tertiary/aromatic N) is 2. The summed E-state index contributed by atoms with van der Waals surface area (Å²) in [4.78, 5) is 12.1. The summed E-state index contributed by atoms with van der Waals surface area (Å²) in [5.41, 5.74) is 1.27. The van der Waals surface area contributed by atoms with E-state index in [0.717, 1.165) is 0 Å². The van der Waals surface area contributed by atoms with Crippen molar-refractivity contribution in [2.24, 2.45) is 0 Å². The van der Waals surface area contributed by atoms with E-state index in [1.807, 2.05) is 66.7 Å². The maximum absolute atomic E-state index is 12.1. The monoisotopic (exact) mass is 372 g/mol. The zero-order chi connectivity index (χ0) is 19.2. The number of ether oxygens (including phenoxy) is 1. The van der Waals surface area contributed by atoms with Gasteiger partial charge in [-0.15, -0.1) is 5.10 Å². The van der Waals surface area contributed by atoms with Crippen LogP contribution in [0.15, 0.2) is 89.3 Å². The summed E-state index contributed by atoms with van der Waals surface area (Å²) in [5, 5.41) is 13.1. The smallest absolute Gasteiger partial charge is 0.327 e. The maximum Gasteiger partial charge on any atom is 0.327 e. The Morgan fingerprint density at radius 3 is 2.25 bits per heavy atom. The minimum Gasteiger partial charge on any atom is -0.457 e. The van der Waals surface area contributed by atoms with Crippen LogP contribution in [-0.2, 0) is 0 Å². The first-order valence-corrected chi connectivity index (χ1v) is 8.57. The number of benzene rings is 3. The molecule has 4 aromatic rings. The van der Waals surface area contributed by atoms with Crippen molar-refractivity contribution in [2.45, 2.75) is 0 Å². The SMILES string of the molecule is O=C(Nc1ccccc1)Nc1nnc(-c2ccccc2Oc2ccccc2)o1. The second-order valence-corrected chi connectivity index (χ2v) is 5.77. The van der Waals surface area contributed by atoms with Crippen molar-refractivity contribution in [3.63, 3.8) is 0 Å². The second-order valence-electron chi connectivity index (χ2n) is 5.77. The number of aromatic nitrogens is 2. The topological polar surface area (TPSA) is 89.3 Å². The minimum atomic E-state index is -0.477. The van der Waals surface area contributed by atoms with Crippen LogP contribution in [0.3, 0.4) is 0 Å². The van der Waals surface area contributed by atoms with Gasteiger partial charge in [0.15, 0.2) is 0 Å². The second kappa shape index (κ2) is 8.05. The fraction of sp³-hybridized carbons (Fsp3) is 0. The fourth-order valence-electron chi connectivity index (χ4n) is 2.51. The molecule has 1 heterocycles. The molecule has 0 spiro atoms. The zero-order valence-electron chi connectivity index (χ0n) is 14.7. The maximum atomic E-state index is 12.1. The van der Waals surface area contributed by atoms with Gasteiger partial charge in [-0.3, -0.25) is 5.32 Å². The number of anilines is 2. The Hall–Kier alpha value is -4.13. The quantitative estimate of drug-likeness (QED) is 0.504. The van der Waals surface area contributed by atoms with Crippen LogP contribution in [0.5, 0.6) is 11.5 Å². The van der Waals surface area contributed by atoms with Crippen molar-refractivity contribution in [2.75, 3.05) is 10.6 Å². The van der Waals surface area contributed by atoms with E-state index >= 15 is 0 Å². The summed E-state index contributed by atoms with van der Waals surface area (Å²) < 4.78 is 11.5. The Bertz CT molecular complexity index is 1070. The van der Waals surface area contributed by atoms with Gasteiger partial charge in [0.25, 0.3) is 5.89 Å². The van der Waals surface area contributed by atoms with Gasteiger partial charge in [0.2, 0.25) is 0 Å². The molecule has 0 saturated heterocycles. The van der Waals surface area contributed by atoms with Gasteiger partial charge in [-0.25, -0.2) is 4.79 Å². The van der Waals surface area contributed by atoms with Gasteiger partial charge in [-0.2, -0.15) is 0 Å². The molecule has 0 fully saturated rings. The summed E-state index contributed by atoms with van der Waals surface area (Å²) in [6, 6.07) is 25.3. The molecule has 2 N–H and O–H groups in total. The lowest BCUT2D eigenvalue weighted by Gasteiger charge is -2.08. The summed E-state index contributed by atoms with van der Waals surface area (Å²) in [6.45, 7) is 0. The summed E-state index contributed by atoms with van der Waals surface area (Å²) in [6.07, 6.45) is 0. The van der Waals surface area contributed by atoms with Crippen LogP contribution in [-0.4, -0.2) is 16.2 Å². The molecular weight excluding hydrogens is 356 g/mol. The summed E-state index contributed by atoms with van der Waals surface area (Å²) in [5.74, 6) is 1.49. The van der Waals surface area contributed by atoms with Crippen LogP contribution in [0.25, 0.3) is 11.5 Å². The molecule has 3 aromatic carbocycles. The molecule has 0 aliphatic carbocycles. The molecule has 0 bridgehead atoms. The first-order chi connectivity index (χ1) is 13.8. The van der Waals surface area contributed by atoms with E-state index in [1.165, 1.54) is 0 Å². The Kier molecular flexibility index (Phi) is 4.97. The van der Waals surface area contributed by atoms with Gasteiger partial charge < -0.3 is 14.5 Å². The van der Waals surface area contributed by atoms with Crippen molar-refractivity contribution >= 4 is 17.7 Å². The largest absolute Gasteiger partial charge is 0.457 e. The molecule has 2 amide bonds. The molecule has 0 aliphatic heterocycles. The normalized spacial score (nSPS) is 10.3. The standard InChI is InChI=1S/C21H16N4O3/c26-20(22-15-9-3-1-4-10-15)23-21-25-24-19(28-21)17-13-7-8-14-18(17)27-16-11-5-2-6-12-16/h1-14H,(H2,22,23,25,26). The van der Waals surface area contributed by atoms with E-state index in [2.05, 4.69) is 20.8 Å². The van der Waals surface area contributed by atoms with Crippen molar-refractivity contribution in [3.8, 4) is 23.0 Å². The molecule has 0 saturated carbocycles. The number of para-hydroxylation sites is 3. The molecule has 0 unspecified atom stereocenters. The van der Waals surface area contributed by atoms with Crippen molar-refractivity contribution in [1.82, 2.24) is 10.2 Å². The predicted molar refractivity (Wildman–Crippen MR) is 105 cm³/mol. The number of nitrogens with one attached hydrogen (secondary N) is 2. The lowest BCUT2D eigenvalue weighted by molar-refractivity contribution is 0.261. The van der Waals surface area contributed by atoms with E-state index in [4.69, 9.17) is 9.15 Å². The van der Waals surface area contributed by atoms with Crippen LogP contribution >= 0.6 is 0 Å². The third-order valence-electron chi connectivity index (χ3n) is 3.77. The molecule has 0 atom stereocenters. The average molecular weight is 372 g/mol. The number of hydrogen-bond donors (Lipinski definition) is 2. The van der Waals surface area contributed by atoms with Gasteiger partial charge in [-0.05, 0) is 36.4 Å². The van der Waals surface area contributed by atoms with E-state index < -0.39 is 6.03 Å². The highest BCUT2D eigenvalue weighted by atomic mass is 16.5. The molecular formula is C21H16N4O3. The highest BCUT2D eigenvalue weighted by Gasteiger charge is 2.15. The molecule has 4 rings (SSSR count). The number of carbonyl (C=O) groups is 1. The number of amides is 2. The van der Waals surface area contributed by atoms with Gasteiger partial charge in [0, 0.05) is 5.69 Å². The van der Waals surface area contributed by atoms with Crippen LogP contribution in [0.4, 0.5) is 16.5 Å². The van der Waals surface area contributed by atoms with Crippen LogP contribution in [0.1, 0.15) is 0 Å². The molecule has 0 aliphatic rings.